The minimum absolute atomic E-state index is 0.0589. The highest BCUT2D eigenvalue weighted by Crippen LogP contribution is 2.21. The molecule has 1 fully saturated rings. The van der Waals surface area contributed by atoms with E-state index in [1.807, 2.05) is 30.3 Å². The van der Waals surface area contributed by atoms with Crippen LogP contribution in [0.25, 0.3) is 0 Å². The van der Waals surface area contributed by atoms with Gasteiger partial charge in [-0.15, -0.1) is 5.10 Å². The summed E-state index contributed by atoms with van der Waals surface area (Å²) in [6, 6.07) is 8.67. The Morgan fingerprint density at radius 3 is 2.78 bits per heavy atom. The van der Waals surface area contributed by atoms with Crippen LogP contribution in [0, 0.1) is 6.92 Å². The van der Waals surface area contributed by atoms with Crippen molar-refractivity contribution in [2.24, 2.45) is 0 Å². The van der Waals surface area contributed by atoms with Gasteiger partial charge < -0.3 is 10.2 Å². The molecule has 2 aromatic rings. The second kappa shape index (κ2) is 6.55. The van der Waals surface area contributed by atoms with Crippen molar-refractivity contribution in [2.75, 3.05) is 19.6 Å². The second-order valence-corrected chi connectivity index (χ2v) is 5.45. The molecule has 2 amide bonds. The normalized spacial score (nSPS) is 16.6. The lowest BCUT2D eigenvalue weighted by Gasteiger charge is -2.25. The minimum atomic E-state index is -0.669. The molecule has 1 atom stereocenters. The quantitative estimate of drug-likeness (QED) is 0.855. The molecule has 1 saturated heterocycles. The molecule has 2 heterocycles. The molecule has 0 saturated carbocycles. The van der Waals surface area contributed by atoms with Gasteiger partial charge in [-0.05, 0) is 29.3 Å². The van der Waals surface area contributed by atoms with E-state index in [2.05, 4.69) is 20.8 Å². The summed E-state index contributed by atoms with van der Waals surface area (Å²) >= 11 is 0. The summed E-state index contributed by atoms with van der Waals surface area (Å²) < 4.78 is 1.50. The largest absolute Gasteiger partial charge is 0.354 e. The van der Waals surface area contributed by atoms with E-state index in [0.29, 0.717) is 18.9 Å². The van der Waals surface area contributed by atoms with Gasteiger partial charge in [0.1, 0.15) is 5.82 Å². The first-order chi connectivity index (χ1) is 11.2. The maximum absolute atomic E-state index is 13.1. The van der Waals surface area contributed by atoms with E-state index in [1.165, 1.54) is 4.68 Å². The second-order valence-electron chi connectivity index (χ2n) is 5.45. The van der Waals surface area contributed by atoms with Gasteiger partial charge in [0.2, 0.25) is 5.91 Å². The summed E-state index contributed by atoms with van der Waals surface area (Å²) in [5.41, 5.74) is 0.789. The van der Waals surface area contributed by atoms with Crippen LogP contribution in [0.2, 0.25) is 0 Å². The van der Waals surface area contributed by atoms with Gasteiger partial charge in [-0.1, -0.05) is 30.3 Å². The van der Waals surface area contributed by atoms with Crippen molar-refractivity contribution in [3.05, 3.63) is 41.7 Å². The van der Waals surface area contributed by atoms with Crippen molar-refractivity contribution in [3.8, 4) is 0 Å². The molecule has 0 bridgehead atoms. The van der Waals surface area contributed by atoms with Gasteiger partial charge in [0.15, 0.2) is 6.04 Å². The number of hydrogen-bond donors (Lipinski definition) is 1. The maximum Gasteiger partial charge on any atom is 0.252 e. The summed E-state index contributed by atoms with van der Waals surface area (Å²) in [5.74, 6) is 0.228. The Labute approximate surface area is 133 Å². The highest BCUT2D eigenvalue weighted by atomic mass is 16.2. The maximum atomic E-state index is 13.1. The zero-order valence-corrected chi connectivity index (χ0v) is 12.8. The van der Waals surface area contributed by atoms with E-state index in [9.17, 15) is 9.59 Å². The first kappa shape index (κ1) is 15.1. The van der Waals surface area contributed by atoms with Crippen LogP contribution in [0.3, 0.4) is 0 Å². The number of nitrogens with zero attached hydrogens (tertiary/aromatic N) is 5. The molecule has 0 unspecified atom stereocenters. The average molecular weight is 314 g/mol. The fourth-order valence-electron chi connectivity index (χ4n) is 2.67. The first-order valence-electron chi connectivity index (χ1n) is 7.51. The van der Waals surface area contributed by atoms with Gasteiger partial charge in [-0.2, -0.15) is 0 Å². The lowest BCUT2D eigenvalue weighted by atomic mass is 10.1. The first-order valence-corrected chi connectivity index (χ1v) is 7.51. The van der Waals surface area contributed by atoms with Gasteiger partial charge in [0, 0.05) is 13.1 Å². The lowest BCUT2D eigenvalue weighted by molar-refractivity contribution is -0.137. The predicted molar refractivity (Wildman–Crippen MR) is 81.3 cm³/mol. The molecular weight excluding hydrogens is 296 g/mol. The van der Waals surface area contributed by atoms with E-state index in [0.717, 1.165) is 12.0 Å². The van der Waals surface area contributed by atoms with E-state index in [1.54, 1.807) is 11.8 Å². The molecule has 8 nitrogen and oxygen atoms in total. The monoisotopic (exact) mass is 314 g/mol. The topological polar surface area (TPSA) is 93.0 Å². The lowest BCUT2D eigenvalue weighted by Crippen LogP contribution is -2.42. The number of tetrazole rings is 1. The molecule has 0 aliphatic carbocycles. The number of aryl methyl sites for hydroxylation is 1. The molecule has 23 heavy (non-hydrogen) atoms. The zero-order chi connectivity index (χ0) is 16.2. The van der Waals surface area contributed by atoms with Crippen LogP contribution in [0.15, 0.2) is 30.3 Å². The Hall–Kier alpha value is -2.77. The number of aromatic nitrogens is 4. The Kier molecular flexibility index (Phi) is 4.31. The molecule has 8 heteroatoms. The third-order valence-corrected chi connectivity index (χ3v) is 3.82. The highest BCUT2D eigenvalue weighted by Gasteiger charge is 2.31. The van der Waals surface area contributed by atoms with Crippen LogP contribution in [-0.2, 0) is 9.59 Å². The molecule has 0 radical (unpaired) electrons. The number of benzene rings is 1. The van der Waals surface area contributed by atoms with Gasteiger partial charge >= 0.3 is 0 Å². The number of rotatable bonds is 3. The molecule has 1 aromatic carbocycles. The summed E-state index contributed by atoms with van der Waals surface area (Å²) in [6.45, 7) is 2.92. The number of nitrogens with one attached hydrogen (secondary N) is 1. The van der Waals surface area contributed by atoms with Crippen LogP contribution < -0.4 is 5.32 Å². The van der Waals surface area contributed by atoms with E-state index in [-0.39, 0.29) is 18.4 Å². The fraction of sp³-hybridized carbons (Fsp3) is 0.400. The predicted octanol–water partition coefficient (Wildman–Crippen LogP) is -0.0806. The van der Waals surface area contributed by atoms with Crippen LogP contribution in [0.4, 0.5) is 0 Å². The summed E-state index contributed by atoms with van der Waals surface area (Å²) in [7, 11) is 0. The summed E-state index contributed by atoms with van der Waals surface area (Å²) in [6.07, 6.45) is 0.730. The fourth-order valence-corrected chi connectivity index (χ4v) is 2.67. The van der Waals surface area contributed by atoms with Crippen molar-refractivity contribution in [1.29, 1.82) is 0 Å². The minimum Gasteiger partial charge on any atom is -0.354 e. The molecule has 1 aromatic heterocycles. The van der Waals surface area contributed by atoms with Crippen LogP contribution in [0.1, 0.15) is 23.9 Å². The SMILES string of the molecule is Cc1nnnn1[C@@H](C(=O)N1CCCNC(=O)C1)c1ccccc1. The summed E-state index contributed by atoms with van der Waals surface area (Å²) in [5, 5.41) is 14.3. The summed E-state index contributed by atoms with van der Waals surface area (Å²) in [4.78, 5) is 26.4. The van der Waals surface area contributed by atoms with Crippen LogP contribution in [-0.4, -0.2) is 56.6 Å². The van der Waals surface area contributed by atoms with Crippen LogP contribution >= 0.6 is 0 Å². The van der Waals surface area contributed by atoms with Gasteiger partial charge in [-0.3, -0.25) is 9.59 Å². The van der Waals surface area contributed by atoms with E-state index >= 15 is 0 Å². The Morgan fingerprint density at radius 1 is 1.30 bits per heavy atom. The van der Waals surface area contributed by atoms with Gasteiger partial charge in [-0.25, -0.2) is 4.68 Å². The van der Waals surface area contributed by atoms with E-state index in [4.69, 9.17) is 0 Å². The van der Waals surface area contributed by atoms with Crippen molar-refractivity contribution in [3.63, 3.8) is 0 Å². The van der Waals surface area contributed by atoms with E-state index < -0.39 is 6.04 Å². The standard InChI is InChI=1S/C15H18N6O2/c1-11-17-18-19-21(11)14(12-6-3-2-4-7-12)15(23)20-9-5-8-16-13(22)10-20/h2-4,6-7,14H,5,8-10H2,1H3,(H,16,22)/t14-/m1/s1. The smallest absolute Gasteiger partial charge is 0.252 e. The highest BCUT2D eigenvalue weighted by molar-refractivity contribution is 5.88. The number of carbonyl (C=O) groups excluding carboxylic acids is 2. The Bertz CT molecular complexity index is 699. The molecule has 3 rings (SSSR count). The van der Waals surface area contributed by atoms with Gasteiger partial charge in [0.05, 0.1) is 6.54 Å². The average Bonchev–Trinajstić information content (AvgIpc) is 2.84. The number of carbonyl (C=O) groups is 2. The number of hydrogen-bond acceptors (Lipinski definition) is 5. The zero-order valence-electron chi connectivity index (χ0n) is 12.8. The molecule has 120 valence electrons. The Morgan fingerprint density at radius 2 is 2.09 bits per heavy atom. The molecular formula is C15H18N6O2. The third-order valence-electron chi connectivity index (χ3n) is 3.82. The molecule has 1 aliphatic rings. The van der Waals surface area contributed by atoms with Crippen LogP contribution in [0.5, 0.6) is 0 Å². The number of amides is 2. The van der Waals surface area contributed by atoms with Crippen molar-refractivity contribution >= 4 is 11.8 Å². The van der Waals surface area contributed by atoms with Crippen molar-refractivity contribution in [1.82, 2.24) is 30.4 Å². The van der Waals surface area contributed by atoms with Crippen molar-refractivity contribution in [2.45, 2.75) is 19.4 Å². The Balaban J connectivity index is 1.96. The van der Waals surface area contributed by atoms with Crippen molar-refractivity contribution < 1.29 is 9.59 Å². The molecule has 1 N–H and O–H groups in total. The molecule has 0 spiro atoms. The molecule has 1 aliphatic heterocycles. The third kappa shape index (κ3) is 3.20. The van der Waals surface area contributed by atoms with Gasteiger partial charge in [0.25, 0.3) is 5.91 Å².